The van der Waals surface area contributed by atoms with E-state index in [1.54, 1.807) is 6.20 Å². The summed E-state index contributed by atoms with van der Waals surface area (Å²) in [5.41, 5.74) is 1.86. The number of hydrogen-bond donors (Lipinski definition) is 1. The van der Waals surface area contributed by atoms with Crippen molar-refractivity contribution in [2.75, 3.05) is 0 Å². The first kappa shape index (κ1) is 13.9. The van der Waals surface area contributed by atoms with Crippen LogP contribution in [0.25, 0.3) is 10.9 Å². The molecule has 0 aliphatic heterocycles. The number of aromatic nitrogens is 1. The van der Waals surface area contributed by atoms with Crippen molar-refractivity contribution in [3.8, 4) is 0 Å². The summed E-state index contributed by atoms with van der Waals surface area (Å²) in [6.45, 7) is 2.22. The lowest BCUT2D eigenvalue weighted by Gasteiger charge is -2.14. The fraction of sp³-hybridized carbons (Fsp3) is 0.412. The van der Waals surface area contributed by atoms with Gasteiger partial charge in [-0.3, -0.25) is 9.59 Å². The zero-order valence-electron chi connectivity index (χ0n) is 12.3. The van der Waals surface area contributed by atoms with Gasteiger partial charge in [-0.2, -0.15) is 0 Å². The maximum absolute atomic E-state index is 12.2. The number of benzene rings is 1. The third-order valence-corrected chi connectivity index (χ3v) is 4.17. The van der Waals surface area contributed by atoms with Crippen molar-refractivity contribution >= 4 is 16.8 Å². The van der Waals surface area contributed by atoms with Gasteiger partial charge in [-0.15, -0.1) is 0 Å². The average Bonchev–Trinajstić information content (AvgIpc) is 2.95. The molecule has 0 unspecified atom stereocenters. The van der Waals surface area contributed by atoms with Crippen molar-refractivity contribution < 1.29 is 4.79 Å². The summed E-state index contributed by atoms with van der Waals surface area (Å²) in [7, 11) is 0. The summed E-state index contributed by atoms with van der Waals surface area (Å²) in [4.78, 5) is 24.1. The van der Waals surface area contributed by atoms with E-state index in [1.165, 1.54) is 18.9 Å². The van der Waals surface area contributed by atoms with Gasteiger partial charge in [0, 0.05) is 23.7 Å². The summed E-state index contributed by atoms with van der Waals surface area (Å²) in [5.74, 6) is 0.0208. The van der Waals surface area contributed by atoms with E-state index in [0.717, 1.165) is 23.9 Å². The van der Waals surface area contributed by atoms with E-state index in [4.69, 9.17) is 0 Å². The van der Waals surface area contributed by atoms with Crippen LogP contribution in [0.2, 0.25) is 0 Å². The molecule has 0 radical (unpaired) electrons. The lowest BCUT2D eigenvalue weighted by molar-refractivity contribution is -0.122. The SMILES string of the molecule is Cc1ccc2c(c1)c(=O)ccn2CC(=O)NC1CCCC1. The summed E-state index contributed by atoms with van der Waals surface area (Å²) >= 11 is 0. The van der Waals surface area contributed by atoms with Crippen LogP contribution in [0.15, 0.2) is 35.3 Å². The molecule has 1 N–H and O–H groups in total. The van der Waals surface area contributed by atoms with Crippen LogP contribution in [-0.2, 0) is 11.3 Å². The Kier molecular flexibility index (Phi) is 3.78. The van der Waals surface area contributed by atoms with Gasteiger partial charge in [0.05, 0.1) is 5.52 Å². The second-order valence-corrected chi connectivity index (χ2v) is 5.88. The quantitative estimate of drug-likeness (QED) is 0.940. The largest absolute Gasteiger partial charge is 0.352 e. The van der Waals surface area contributed by atoms with Gasteiger partial charge in [0.25, 0.3) is 0 Å². The van der Waals surface area contributed by atoms with Gasteiger partial charge in [0.1, 0.15) is 6.54 Å². The number of carbonyl (C=O) groups is 1. The first-order valence-corrected chi connectivity index (χ1v) is 7.53. The highest BCUT2D eigenvalue weighted by molar-refractivity contribution is 5.82. The van der Waals surface area contributed by atoms with Gasteiger partial charge in [-0.05, 0) is 31.9 Å². The second kappa shape index (κ2) is 5.72. The van der Waals surface area contributed by atoms with E-state index < -0.39 is 0 Å². The Bertz CT molecular complexity index is 727. The minimum atomic E-state index is 0.00107. The Balaban J connectivity index is 1.85. The van der Waals surface area contributed by atoms with Crippen LogP contribution in [0.5, 0.6) is 0 Å². The van der Waals surface area contributed by atoms with E-state index in [2.05, 4.69) is 5.32 Å². The molecule has 1 amide bonds. The minimum absolute atomic E-state index is 0.00107. The monoisotopic (exact) mass is 284 g/mol. The molecule has 1 saturated carbocycles. The molecule has 1 aromatic heterocycles. The number of pyridine rings is 1. The van der Waals surface area contributed by atoms with E-state index in [-0.39, 0.29) is 17.9 Å². The molecule has 1 heterocycles. The zero-order chi connectivity index (χ0) is 14.8. The highest BCUT2D eigenvalue weighted by Gasteiger charge is 2.17. The van der Waals surface area contributed by atoms with Gasteiger partial charge in [-0.1, -0.05) is 24.5 Å². The fourth-order valence-electron chi connectivity index (χ4n) is 3.06. The predicted octanol–water partition coefficient (Wildman–Crippen LogP) is 2.37. The molecule has 1 aromatic carbocycles. The van der Waals surface area contributed by atoms with E-state index >= 15 is 0 Å². The van der Waals surface area contributed by atoms with Crippen LogP contribution in [0.4, 0.5) is 0 Å². The van der Waals surface area contributed by atoms with Crippen LogP contribution in [-0.4, -0.2) is 16.5 Å². The van der Waals surface area contributed by atoms with Crippen LogP contribution in [0, 0.1) is 6.92 Å². The molecule has 3 rings (SSSR count). The lowest BCUT2D eigenvalue weighted by Crippen LogP contribution is -2.35. The number of aryl methyl sites for hydroxylation is 1. The number of carbonyl (C=O) groups excluding carboxylic acids is 1. The summed E-state index contributed by atoms with van der Waals surface area (Å²) in [6, 6.07) is 7.61. The molecule has 4 nitrogen and oxygen atoms in total. The Morgan fingerprint density at radius 2 is 2.05 bits per heavy atom. The molecule has 0 atom stereocenters. The number of nitrogens with one attached hydrogen (secondary N) is 1. The van der Waals surface area contributed by atoms with Crippen molar-refractivity contribution in [3.63, 3.8) is 0 Å². The Morgan fingerprint density at radius 1 is 1.29 bits per heavy atom. The van der Waals surface area contributed by atoms with Crippen LogP contribution >= 0.6 is 0 Å². The maximum Gasteiger partial charge on any atom is 0.240 e. The number of nitrogens with zero attached hydrogens (tertiary/aromatic N) is 1. The van der Waals surface area contributed by atoms with E-state index in [0.29, 0.717) is 11.4 Å². The molecule has 0 bridgehead atoms. The minimum Gasteiger partial charge on any atom is -0.352 e. The van der Waals surface area contributed by atoms with Crippen molar-refractivity contribution in [2.24, 2.45) is 0 Å². The third kappa shape index (κ3) is 2.99. The summed E-state index contributed by atoms with van der Waals surface area (Å²) < 4.78 is 1.85. The Morgan fingerprint density at radius 3 is 2.81 bits per heavy atom. The molecule has 1 aliphatic carbocycles. The molecule has 0 spiro atoms. The van der Waals surface area contributed by atoms with Crippen molar-refractivity contribution in [1.82, 2.24) is 9.88 Å². The Labute approximate surface area is 123 Å². The molecule has 2 aromatic rings. The number of hydrogen-bond acceptors (Lipinski definition) is 2. The summed E-state index contributed by atoms with van der Waals surface area (Å²) in [6.07, 6.45) is 6.26. The number of fused-ring (bicyclic) bond motifs is 1. The second-order valence-electron chi connectivity index (χ2n) is 5.88. The van der Waals surface area contributed by atoms with Gasteiger partial charge >= 0.3 is 0 Å². The van der Waals surface area contributed by atoms with E-state index in [9.17, 15) is 9.59 Å². The first-order chi connectivity index (χ1) is 10.1. The van der Waals surface area contributed by atoms with Crippen LogP contribution in [0.3, 0.4) is 0 Å². The molecular weight excluding hydrogens is 264 g/mol. The molecule has 110 valence electrons. The molecule has 1 aliphatic rings. The first-order valence-electron chi connectivity index (χ1n) is 7.53. The zero-order valence-corrected chi connectivity index (χ0v) is 12.3. The van der Waals surface area contributed by atoms with Crippen LogP contribution in [0.1, 0.15) is 31.2 Å². The normalized spacial score (nSPS) is 15.5. The lowest BCUT2D eigenvalue weighted by atomic mass is 10.1. The van der Waals surface area contributed by atoms with E-state index in [1.807, 2.05) is 29.7 Å². The van der Waals surface area contributed by atoms with Gasteiger partial charge < -0.3 is 9.88 Å². The topological polar surface area (TPSA) is 51.1 Å². The highest BCUT2D eigenvalue weighted by atomic mass is 16.2. The molecule has 0 saturated heterocycles. The smallest absolute Gasteiger partial charge is 0.240 e. The maximum atomic E-state index is 12.2. The molecule has 21 heavy (non-hydrogen) atoms. The van der Waals surface area contributed by atoms with Crippen molar-refractivity contribution in [3.05, 3.63) is 46.2 Å². The van der Waals surface area contributed by atoms with Crippen molar-refractivity contribution in [2.45, 2.75) is 45.2 Å². The standard InChI is InChI=1S/C17H20N2O2/c1-12-6-7-15-14(10-12)16(20)8-9-19(15)11-17(21)18-13-4-2-3-5-13/h6-10,13H,2-5,11H2,1H3,(H,18,21). The average molecular weight is 284 g/mol. The summed E-state index contributed by atoms with van der Waals surface area (Å²) in [5, 5.41) is 3.75. The number of amides is 1. The van der Waals surface area contributed by atoms with Gasteiger partial charge in [0.15, 0.2) is 5.43 Å². The molecule has 1 fully saturated rings. The van der Waals surface area contributed by atoms with Crippen LogP contribution < -0.4 is 10.7 Å². The molecular formula is C17H20N2O2. The predicted molar refractivity (Wildman–Crippen MR) is 83.3 cm³/mol. The van der Waals surface area contributed by atoms with Crippen molar-refractivity contribution in [1.29, 1.82) is 0 Å². The Hall–Kier alpha value is -2.10. The number of rotatable bonds is 3. The third-order valence-electron chi connectivity index (χ3n) is 4.17. The fourth-order valence-corrected chi connectivity index (χ4v) is 3.06. The van der Waals surface area contributed by atoms with Gasteiger partial charge in [-0.25, -0.2) is 0 Å². The molecule has 4 heteroatoms. The highest BCUT2D eigenvalue weighted by Crippen LogP contribution is 2.18. The van der Waals surface area contributed by atoms with Gasteiger partial charge in [0.2, 0.25) is 5.91 Å².